The van der Waals surface area contributed by atoms with Crippen LogP contribution in [0.1, 0.15) is 34.0 Å². The Hall–Kier alpha value is -1.66. The maximum absolute atomic E-state index is 11.9. The highest BCUT2D eigenvalue weighted by Gasteiger charge is 2.12. The number of hydrogen-bond acceptors (Lipinski definition) is 4. The first-order chi connectivity index (χ1) is 9.81. The van der Waals surface area contributed by atoms with E-state index >= 15 is 0 Å². The second-order valence-corrected chi connectivity index (χ2v) is 6.81. The smallest absolute Gasteiger partial charge is 0.305 e. The third kappa shape index (κ3) is 3.16. The van der Waals surface area contributed by atoms with Crippen LogP contribution >= 0.6 is 11.3 Å². The van der Waals surface area contributed by atoms with Gasteiger partial charge in [0, 0.05) is 48.2 Å². The van der Waals surface area contributed by atoms with E-state index in [1.165, 1.54) is 33.0 Å². The van der Waals surface area contributed by atoms with Crippen molar-refractivity contribution in [2.24, 2.45) is 14.1 Å². The highest BCUT2D eigenvalue weighted by Crippen LogP contribution is 2.26. The first-order valence-electron chi connectivity index (χ1n) is 6.87. The molecule has 0 fully saturated rings. The number of nitrogens with zero attached hydrogens (tertiary/aromatic N) is 2. The van der Waals surface area contributed by atoms with E-state index in [2.05, 4.69) is 32.2 Å². The molecule has 0 aliphatic carbocycles. The van der Waals surface area contributed by atoms with Crippen molar-refractivity contribution in [1.29, 1.82) is 0 Å². The molecule has 0 aliphatic heterocycles. The van der Waals surface area contributed by atoms with E-state index in [9.17, 15) is 9.59 Å². The van der Waals surface area contributed by atoms with E-state index < -0.39 is 0 Å². The van der Waals surface area contributed by atoms with E-state index in [1.54, 1.807) is 18.4 Å². The predicted molar refractivity (Wildman–Crippen MR) is 86.0 cm³/mol. The standard InChI is InChI=1S/C15H21N3O2S/c1-9-6-13(11(3)21-9)10(2)16-8-12-7-14(19)18(5)15(20)17(12)4/h6-7,10,16H,8H2,1-5H3. The molecule has 114 valence electrons. The van der Waals surface area contributed by atoms with E-state index in [0.29, 0.717) is 12.2 Å². The molecule has 1 unspecified atom stereocenters. The molecule has 0 bridgehead atoms. The third-order valence-electron chi connectivity index (χ3n) is 3.76. The van der Waals surface area contributed by atoms with Crippen molar-refractivity contribution in [3.8, 4) is 0 Å². The van der Waals surface area contributed by atoms with Gasteiger partial charge in [0.2, 0.25) is 0 Å². The first kappa shape index (κ1) is 15.7. The van der Waals surface area contributed by atoms with Crippen LogP contribution in [0.3, 0.4) is 0 Å². The first-order valence-corrected chi connectivity index (χ1v) is 7.69. The van der Waals surface area contributed by atoms with Gasteiger partial charge in [0.1, 0.15) is 0 Å². The van der Waals surface area contributed by atoms with E-state index in [-0.39, 0.29) is 17.3 Å². The molecule has 0 spiro atoms. The van der Waals surface area contributed by atoms with Crippen molar-refractivity contribution in [3.05, 3.63) is 54.0 Å². The summed E-state index contributed by atoms with van der Waals surface area (Å²) in [6.07, 6.45) is 0. The monoisotopic (exact) mass is 307 g/mol. The van der Waals surface area contributed by atoms with Crippen molar-refractivity contribution in [1.82, 2.24) is 14.5 Å². The quantitative estimate of drug-likeness (QED) is 0.934. The molecule has 1 atom stereocenters. The molecule has 0 aromatic carbocycles. The average Bonchev–Trinajstić information content (AvgIpc) is 2.77. The molecule has 0 aliphatic rings. The second-order valence-electron chi connectivity index (χ2n) is 5.35. The molecule has 5 nitrogen and oxygen atoms in total. The van der Waals surface area contributed by atoms with Crippen LogP contribution in [0.25, 0.3) is 0 Å². The maximum Gasteiger partial charge on any atom is 0.330 e. The number of aromatic nitrogens is 2. The Bertz CT molecular complexity index is 770. The molecule has 0 radical (unpaired) electrons. The lowest BCUT2D eigenvalue weighted by molar-refractivity contribution is 0.539. The van der Waals surface area contributed by atoms with Crippen molar-refractivity contribution < 1.29 is 0 Å². The van der Waals surface area contributed by atoms with Crippen LogP contribution in [0.5, 0.6) is 0 Å². The molecule has 21 heavy (non-hydrogen) atoms. The molecule has 2 aromatic rings. The summed E-state index contributed by atoms with van der Waals surface area (Å²) in [6.45, 7) is 6.78. The zero-order valence-electron chi connectivity index (χ0n) is 13.1. The third-order valence-corrected chi connectivity index (χ3v) is 4.74. The van der Waals surface area contributed by atoms with Gasteiger partial charge < -0.3 is 5.32 Å². The minimum absolute atomic E-state index is 0.175. The summed E-state index contributed by atoms with van der Waals surface area (Å²) in [7, 11) is 3.17. The van der Waals surface area contributed by atoms with Gasteiger partial charge in [-0.3, -0.25) is 13.9 Å². The highest BCUT2D eigenvalue weighted by atomic mass is 32.1. The van der Waals surface area contributed by atoms with Crippen LogP contribution < -0.4 is 16.6 Å². The average molecular weight is 307 g/mol. The van der Waals surface area contributed by atoms with Crippen LogP contribution in [0, 0.1) is 13.8 Å². The Morgan fingerprint density at radius 3 is 2.43 bits per heavy atom. The largest absolute Gasteiger partial charge is 0.330 e. The minimum Gasteiger partial charge on any atom is -0.305 e. The Kier molecular flexibility index (Phi) is 4.49. The highest BCUT2D eigenvalue weighted by molar-refractivity contribution is 7.12. The summed E-state index contributed by atoms with van der Waals surface area (Å²) >= 11 is 1.78. The Labute approximate surface area is 127 Å². The molecule has 1 N–H and O–H groups in total. The van der Waals surface area contributed by atoms with Crippen LogP contribution in [0.4, 0.5) is 0 Å². The molecule has 0 amide bonds. The summed E-state index contributed by atoms with van der Waals surface area (Å²) in [4.78, 5) is 26.2. The lowest BCUT2D eigenvalue weighted by Gasteiger charge is -2.16. The Morgan fingerprint density at radius 2 is 1.86 bits per heavy atom. The molecule has 6 heteroatoms. The Balaban J connectivity index is 2.19. The zero-order valence-corrected chi connectivity index (χ0v) is 13.9. The van der Waals surface area contributed by atoms with Crippen LogP contribution in [0.2, 0.25) is 0 Å². The van der Waals surface area contributed by atoms with Gasteiger partial charge >= 0.3 is 5.69 Å². The van der Waals surface area contributed by atoms with Gasteiger partial charge in [0.25, 0.3) is 5.56 Å². The molecular formula is C15H21N3O2S. The fourth-order valence-electron chi connectivity index (χ4n) is 2.40. The van der Waals surface area contributed by atoms with Gasteiger partial charge in [0.15, 0.2) is 0 Å². The fourth-order valence-corrected chi connectivity index (χ4v) is 3.42. The molecule has 2 heterocycles. The van der Waals surface area contributed by atoms with Gasteiger partial charge in [-0.15, -0.1) is 11.3 Å². The van der Waals surface area contributed by atoms with Crippen molar-refractivity contribution in [3.63, 3.8) is 0 Å². The van der Waals surface area contributed by atoms with E-state index in [4.69, 9.17) is 0 Å². The van der Waals surface area contributed by atoms with Crippen LogP contribution in [-0.2, 0) is 20.6 Å². The van der Waals surface area contributed by atoms with Gasteiger partial charge in [-0.25, -0.2) is 4.79 Å². The normalized spacial score (nSPS) is 12.6. The maximum atomic E-state index is 11.9. The molecular weight excluding hydrogens is 286 g/mol. The molecule has 0 saturated carbocycles. The lowest BCUT2D eigenvalue weighted by Crippen LogP contribution is -2.39. The molecule has 2 rings (SSSR count). The van der Waals surface area contributed by atoms with Gasteiger partial charge in [-0.05, 0) is 32.4 Å². The van der Waals surface area contributed by atoms with Gasteiger partial charge in [-0.1, -0.05) is 0 Å². The number of nitrogens with one attached hydrogen (secondary N) is 1. The SMILES string of the molecule is Cc1cc(C(C)NCc2cc(=O)n(C)c(=O)n2C)c(C)s1. The van der Waals surface area contributed by atoms with Crippen LogP contribution in [-0.4, -0.2) is 9.13 Å². The zero-order chi connectivity index (χ0) is 15.7. The summed E-state index contributed by atoms with van der Waals surface area (Å²) in [5.74, 6) is 0. The van der Waals surface area contributed by atoms with Crippen LogP contribution in [0.15, 0.2) is 21.7 Å². The predicted octanol–water partition coefficient (Wildman–Crippen LogP) is 1.61. The number of rotatable bonds is 4. The summed E-state index contributed by atoms with van der Waals surface area (Å²) in [5, 5.41) is 3.38. The molecule has 2 aromatic heterocycles. The van der Waals surface area contributed by atoms with Gasteiger partial charge in [0.05, 0.1) is 0 Å². The van der Waals surface area contributed by atoms with E-state index in [1.807, 2.05) is 0 Å². The summed E-state index contributed by atoms with van der Waals surface area (Å²) < 4.78 is 2.62. The van der Waals surface area contributed by atoms with Crippen molar-refractivity contribution in [2.45, 2.75) is 33.4 Å². The minimum atomic E-state index is -0.297. The Morgan fingerprint density at radius 1 is 1.19 bits per heavy atom. The summed E-state index contributed by atoms with van der Waals surface area (Å²) in [6, 6.07) is 3.86. The van der Waals surface area contributed by atoms with E-state index in [0.717, 1.165) is 4.57 Å². The fraction of sp³-hybridized carbons (Fsp3) is 0.467. The molecule has 0 saturated heterocycles. The number of thiophene rings is 1. The van der Waals surface area contributed by atoms with Crippen molar-refractivity contribution in [2.75, 3.05) is 0 Å². The summed E-state index contributed by atoms with van der Waals surface area (Å²) in [5.41, 5.74) is 1.39. The van der Waals surface area contributed by atoms with Gasteiger partial charge in [-0.2, -0.15) is 0 Å². The lowest BCUT2D eigenvalue weighted by atomic mass is 10.1. The number of hydrogen-bond donors (Lipinski definition) is 1. The van der Waals surface area contributed by atoms with Crippen molar-refractivity contribution >= 4 is 11.3 Å². The topological polar surface area (TPSA) is 56.0 Å². The number of aryl methyl sites for hydroxylation is 2. The second kappa shape index (κ2) is 5.99.